The molecule has 0 aromatic carbocycles. The highest BCUT2D eigenvalue weighted by Gasteiger charge is 2.19. The first-order chi connectivity index (χ1) is 9.62. The summed E-state index contributed by atoms with van der Waals surface area (Å²) in [6.07, 6.45) is 5.13. The summed E-state index contributed by atoms with van der Waals surface area (Å²) in [6, 6.07) is 0. The van der Waals surface area contributed by atoms with Crippen molar-refractivity contribution in [1.82, 2.24) is 4.90 Å². The van der Waals surface area contributed by atoms with Gasteiger partial charge >= 0.3 is 5.97 Å². The molecule has 5 heteroatoms. The van der Waals surface area contributed by atoms with E-state index >= 15 is 0 Å². The number of esters is 1. The maximum atomic E-state index is 11.0. The number of aliphatic hydroxyl groups excluding tert-OH is 1. The summed E-state index contributed by atoms with van der Waals surface area (Å²) in [5.74, 6) is -0.171. The smallest absolute Gasteiger partial charge is 0.305 e. The van der Waals surface area contributed by atoms with Crippen LogP contribution in [0.25, 0.3) is 0 Å². The van der Waals surface area contributed by atoms with Gasteiger partial charge in [-0.25, -0.2) is 0 Å². The van der Waals surface area contributed by atoms with Crippen molar-refractivity contribution < 1.29 is 19.4 Å². The van der Waals surface area contributed by atoms with Crippen molar-refractivity contribution >= 4 is 12.3 Å². The normalized spacial score (nSPS) is 18.4. The fourth-order valence-corrected chi connectivity index (χ4v) is 2.29. The van der Waals surface area contributed by atoms with Gasteiger partial charge in [-0.3, -0.25) is 14.5 Å². The molecule has 20 heavy (non-hydrogen) atoms. The van der Waals surface area contributed by atoms with Crippen molar-refractivity contribution in [2.45, 2.75) is 32.6 Å². The van der Waals surface area contributed by atoms with Crippen molar-refractivity contribution in [1.29, 1.82) is 0 Å². The van der Waals surface area contributed by atoms with Crippen molar-refractivity contribution in [2.24, 2.45) is 0 Å². The lowest BCUT2D eigenvalue weighted by atomic mass is 9.97. The summed E-state index contributed by atoms with van der Waals surface area (Å²) < 4.78 is 4.59. The van der Waals surface area contributed by atoms with Crippen molar-refractivity contribution in [3.05, 3.63) is 23.0 Å². The van der Waals surface area contributed by atoms with Gasteiger partial charge in [0.15, 0.2) is 0 Å². The molecule has 1 rings (SSSR count). The van der Waals surface area contributed by atoms with Gasteiger partial charge in [0.25, 0.3) is 0 Å². The van der Waals surface area contributed by atoms with Crippen LogP contribution in [0.2, 0.25) is 0 Å². The van der Waals surface area contributed by atoms with Gasteiger partial charge in [-0.05, 0) is 31.9 Å². The number of rotatable bonds is 7. The zero-order valence-corrected chi connectivity index (χ0v) is 12.2. The molecule has 0 amide bonds. The molecule has 0 fully saturated rings. The van der Waals surface area contributed by atoms with Crippen LogP contribution in [0.5, 0.6) is 0 Å². The molecule has 0 unspecified atom stereocenters. The number of carbonyl (C=O) groups excluding carboxylic acids is 2. The quantitative estimate of drug-likeness (QED) is 0.334. The van der Waals surface area contributed by atoms with Crippen LogP contribution in [0.3, 0.4) is 0 Å². The molecule has 1 heterocycles. The zero-order valence-electron chi connectivity index (χ0n) is 12.2. The van der Waals surface area contributed by atoms with E-state index in [1.807, 2.05) is 6.92 Å². The maximum Gasteiger partial charge on any atom is 0.305 e. The first-order valence-corrected chi connectivity index (χ1v) is 6.90. The highest BCUT2D eigenvalue weighted by atomic mass is 16.5. The Kier molecular flexibility index (Phi) is 7.01. The van der Waals surface area contributed by atoms with Gasteiger partial charge < -0.3 is 9.84 Å². The number of aldehydes is 1. The minimum atomic E-state index is -0.171. The van der Waals surface area contributed by atoms with E-state index < -0.39 is 0 Å². The Balaban J connectivity index is 2.36. The number of unbranched alkanes of at least 4 members (excludes halogenated alkanes) is 2. The molecule has 0 aromatic heterocycles. The van der Waals surface area contributed by atoms with Crippen LogP contribution in [-0.4, -0.2) is 49.0 Å². The highest BCUT2D eigenvalue weighted by molar-refractivity contribution is 5.77. The van der Waals surface area contributed by atoms with E-state index in [4.69, 9.17) is 0 Å². The van der Waals surface area contributed by atoms with E-state index in [1.54, 1.807) is 0 Å². The van der Waals surface area contributed by atoms with Gasteiger partial charge in [0.05, 0.1) is 13.4 Å². The summed E-state index contributed by atoms with van der Waals surface area (Å²) in [5, 5.41) is 9.20. The first kappa shape index (κ1) is 16.4. The fourth-order valence-electron chi connectivity index (χ4n) is 2.29. The lowest BCUT2D eigenvalue weighted by Gasteiger charge is -2.29. The largest absolute Gasteiger partial charge is 0.515 e. The van der Waals surface area contributed by atoms with Crippen molar-refractivity contribution in [2.75, 3.05) is 26.7 Å². The first-order valence-electron chi connectivity index (χ1n) is 6.90. The van der Waals surface area contributed by atoms with Crippen LogP contribution < -0.4 is 0 Å². The number of hydrogen-bond donors (Lipinski definition) is 1. The molecule has 5 nitrogen and oxygen atoms in total. The van der Waals surface area contributed by atoms with E-state index in [2.05, 4.69) is 9.64 Å². The van der Waals surface area contributed by atoms with Gasteiger partial charge in [0, 0.05) is 30.7 Å². The number of ether oxygens (including phenoxy) is 1. The molecule has 0 spiro atoms. The Hall–Kier alpha value is -1.62. The Morgan fingerprint density at radius 1 is 1.35 bits per heavy atom. The van der Waals surface area contributed by atoms with Crippen LogP contribution in [-0.2, 0) is 14.3 Å². The topological polar surface area (TPSA) is 66.8 Å². The number of aliphatic hydroxyl groups is 1. The molecular weight excluding hydrogens is 258 g/mol. The zero-order chi connectivity index (χ0) is 15.0. The monoisotopic (exact) mass is 281 g/mol. The minimum absolute atomic E-state index is 0.171. The molecule has 1 aliphatic heterocycles. The third-order valence-corrected chi connectivity index (χ3v) is 3.63. The van der Waals surface area contributed by atoms with Crippen LogP contribution in [0.1, 0.15) is 32.6 Å². The van der Waals surface area contributed by atoms with Crippen LogP contribution >= 0.6 is 0 Å². The Morgan fingerprint density at radius 2 is 2.10 bits per heavy atom. The van der Waals surface area contributed by atoms with Crippen LogP contribution in [0.4, 0.5) is 0 Å². The summed E-state index contributed by atoms with van der Waals surface area (Å²) >= 11 is 0. The molecule has 0 radical (unpaired) electrons. The molecule has 0 atom stereocenters. The molecule has 0 aliphatic carbocycles. The van der Waals surface area contributed by atoms with Crippen LogP contribution in [0, 0.1) is 0 Å². The van der Waals surface area contributed by atoms with E-state index in [0.29, 0.717) is 19.5 Å². The predicted octanol–water partition coefficient (Wildman–Crippen LogP) is 1.99. The van der Waals surface area contributed by atoms with E-state index in [1.165, 1.54) is 7.11 Å². The van der Waals surface area contributed by atoms with E-state index in [-0.39, 0.29) is 5.97 Å². The molecule has 0 aromatic rings. The predicted molar refractivity (Wildman–Crippen MR) is 76.4 cm³/mol. The lowest BCUT2D eigenvalue weighted by Crippen LogP contribution is -2.34. The van der Waals surface area contributed by atoms with E-state index in [9.17, 15) is 14.7 Å². The molecule has 1 N–H and O–H groups in total. The summed E-state index contributed by atoms with van der Waals surface area (Å²) in [4.78, 5) is 24.1. The fraction of sp³-hybridized carbons (Fsp3) is 0.600. The Labute approximate surface area is 119 Å². The molecule has 1 aliphatic rings. The summed E-state index contributed by atoms with van der Waals surface area (Å²) in [6.45, 7) is 4.00. The van der Waals surface area contributed by atoms with Gasteiger partial charge in [-0.2, -0.15) is 0 Å². The number of nitrogens with zero attached hydrogens (tertiary/aromatic N) is 1. The average molecular weight is 281 g/mol. The van der Waals surface area contributed by atoms with Gasteiger partial charge in [0.2, 0.25) is 0 Å². The third kappa shape index (κ3) is 4.81. The average Bonchev–Trinajstić information content (AvgIpc) is 2.47. The summed E-state index contributed by atoms with van der Waals surface area (Å²) in [5.41, 5.74) is 2.41. The van der Waals surface area contributed by atoms with Gasteiger partial charge in [-0.15, -0.1) is 0 Å². The highest BCUT2D eigenvalue weighted by Crippen LogP contribution is 2.21. The molecule has 0 saturated carbocycles. The number of carbonyl (C=O) groups is 2. The number of hydrogen-bond acceptors (Lipinski definition) is 5. The Morgan fingerprint density at radius 3 is 2.70 bits per heavy atom. The van der Waals surface area contributed by atoms with Gasteiger partial charge in [0.1, 0.15) is 6.29 Å². The SMILES string of the molecule is COC(=O)CCCCCN1CC(C=O)=C(C)/C(=C\O)C1. The molecule has 112 valence electrons. The van der Waals surface area contributed by atoms with Crippen molar-refractivity contribution in [3.8, 4) is 0 Å². The minimum Gasteiger partial charge on any atom is -0.515 e. The third-order valence-electron chi connectivity index (χ3n) is 3.63. The van der Waals surface area contributed by atoms with Crippen LogP contribution in [0.15, 0.2) is 23.0 Å². The Bertz CT molecular complexity index is 412. The second kappa shape index (κ2) is 8.53. The molecular formula is C15H23NO4. The second-order valence-corrected chi connectivity index (χ2v) is 5.02. The second-order valence-electron chi connectivity index (χ2n) is 5.02. The summed E-state index contributed by atoms with van der Waals surface area (Å²) in [7, 11) is 1.40. The van der Waals surface area contributed by atoms with Crippen molar-refractivity contribution in [3.63, 3.8) is 0 Å². The molecule has 0 saturated heterocycles. The maximum absolute atomic E-state index is 11.0. The molecule has 0 bridgehead atoms. The standard InChI is InChI=1S/C15H23NO4/c1-12-13(10-17)8-16(9-14(12)11-18)7-5-3-4-6-15(19)20-2/h10-11,17H,3-9H2,1-2H3/b13-10-. The van der Waals surface area contributed by atoms with E-state index in [0.717, 1.165) is 55.1 Å². The lowest BCUT2D eigenvalue weighted by molar-refractivity contribution is -0.140. The van der Waals surface area contributed by atoms with Gasteiger partial charge in [-0.1, -0.05) is 6.42 Å². The number of methoxy groups -OCH3 is 1.